The number of nitrogens with zero attached hydrogens (tertiary/aromatic N) is 2. The van der Waals surface area contributed by atoms with Gasteiger partial charge >= 0.3 is 0 Å². The minimum absolute atomic E-state index is 0.0371. The van der Waals surface area contributed by atoms with Crippen LogP contribution in [0.4, 0.5) is 10.1 Å². The maximum absolute atomic E-state index is 13.7. The molecule has 0 saturated carbocycles. The first-order valence-corrected chi connectivity index (χ1v) is 11.1. The second-order valence-corrected chi connectivity index (χ2v) is 8.22. The van der Waals surface area contributed by atoms with Crippen LogP contribution in [0, 0.1) is 12.7 Å². The van der Waals surface area contributed by atoms with Gasteiger partial charge in [-0.1, -0.05) is 43.3 Å². The molecule has 2 aromatic heterocycles. The number of aromatic nitrogens is 2. The molecule has 0 aliphatic carbocycles. The maximum atomic E-state index is 13.7. The van der Waals surface area contributed by atoms with Crippen molar-refractivity contribution in [3.05, 3.63) is 64.2 Å². The molecule has 1 N–H and O–H groups in total. The minimum Gasteiger partial charge on any atom is -0.448 e. The van der Waals surface area contributed by atoms with Crippen molar-refractivity contribution in [2.45, 2.75) is 38.4 Å². The SMILES string of the molecule is CCCCn1c(SCC(=O)Nc2ccc(C)c(F)c2)nc2c(oc3ccccc32)c1=O. The van der Waals surface area contributed by atoms with Gasteiger partial charge in [-0.05, 0) is 43.2 Å². The average molecular weight is 440 g/mol. The zero-order chi connectivity index (χ0) is 22.0. The number of halogens is 1. The summed E-state index contributed by atoms with van der Waals surface area (Å²) in [6.45, 7) is 4.19. The highest BCUT2D eigenvalue weighted by Crippen LogP contribution is 2.27. The van der Waals surface area contributed by atoms with E-state index in [9.17, 15) is 14.0 Å². The smallest absolute Gasteiger partial charge is 0.297 e. The molecule has 0 spiro atoms. The first kappa shape index (κ1) is 21.1. The van der Waals surface area contributed by atoms with E-state index in [1.165, 1.54) is 17.8 Å². The van der Waals surface area contributed by atoms with E-state index >= 15 is 0 Å². The van der Waals surface area contributed by atoms with Crippen molar-refractivity contribution in [2.75, 3.05) is 11.1 Å². The number of benzene rings is 2. The number of fused-ring (bicyclic) bond motifs is 3. The summed E-state index contributed by atoms with van der Waals surface area (Å²) in [5.74, 6) is -0.644. The van der Waals surface area contributed by atoms with Crippen LogP contribution in [0.3, 0.4) is 0 Å². The van der Waals surface area contributed by atoms with E-state index in [-0.39, 0.29) is 28.6 Å². The van der Waals surface area contributed by atoms with Gasteiger partial charge in [0.2, 0.25) is 11.5 Å². The molecule has 0 fully saturated rings. The number of carbonyl (C=O) groups excluding carboxylic acids is 1. The van der Waals surface area contributed by atoms with Crippen LogP contribution in [0.1, 0.15) is 25.3 Å². The molecular weight excluding hydrogens is 417 g/mol. The van der Waals surface area contributed by atoms with Crippen LogP contribution in [0.15, 0.2) is 56.8 Å². The van der Waals surface area contributed by atoms with E-state index in [1.54, 1.807) is 29.7 Å². The zero-order valence-corrected chi connectivity index (χ0v) is 18.1. The van der Waals surface area contributed by atoms with Gasteiger partial charge in [0, 0.05) is 17.6 Å². The summed E-state index contributed by atoms with van der Waals surface area (Å²) in [6.07, 6.45) is 1.71. The normalized spacial score (nSPS) is 11.3. The Morgan fingerprint density at radius 1 is 1.26 bits per heavy atom. The molecule has 160 valence electrons. The fourth-order valence-electron chi connectivity index (χ4n) is 3.27. The Morgan fingerprint density at radius 2 is 2.06 bits per heavy atom. The van der Waals surface area contributed by atoms with Gasteiger partial charge in [-0.15, -0.1) is 0 Å². The Bertz CT molecular complexity index is 1330. The first-order valence-electron chi connectivity index (χ1n) is 10.1. The predicted molar refractivity (Wildman–Crippen MR) is 121 cm³/mol. The van der Waals surface area contributed by atoms with E-state index in [0.717, 1.165) is 18.2 Å². The first-order chi connectivity index (χ1) is 15.0. The van der Waals surface area contributed by atoms with Crippen LogP contribution in [-0.4, -0.2) is 21.2 Å². The molecule has 4 rings (SSSR count). The van der Waals surface area contributed by atoms with Gasteiger partial charge in [-0.3, -0.25) is 14.2 Å². The lowest BCUT2D eigenvalue weighted by atomic mass is 10.2. The molecule has 6 nitrogen and oxygen atoms in total. The van der Waals surface area contributed by atoms with Crippen molar-refractivity contribution < 1.29 is 13.6 Å². The van der Waals surface area contributed by atoms with Crippen molar-refractivity contribution in [1.82, 2.24) is 9.55 Å². The number of nitrogens with one attached hydrogen (secondary N) is 1. The number of carbonyl (C=O) groups is 1. The molecular formula is C23H22FN3O3S. The molecule has 0 saturated heterocycles. The van der Waals surface area contributed by atoms with Crippen LogP contribution in [0.25, 0.3) is 22.1 Å². The molecule has 0 atom stereocenters. The van der Waals surface area contributed by atoms with Gasteiger partial charge in [0.25, 0.3) is 5.56 Å². The number of unbranched alkanes of at least 4 members (excludes halogenated alkanes) is 1. The number of anilines is 1. The van der Waals surface area contributed by atoms with Crippen LogP contribution in [0.5, 0.6) is 0 Å². The summed E-state index contributed by atoms with van der Waals surface area (Å²) in [7, 11) is 0. The van der Waals surface area contributed by atoms with Gasteiger partial charge in [-0.25, -0.2) is 9.37 Å². The van der Waals surface area contributed by atoms with Crippen molar-refractivity contribution in [2.24, 2.45) is 0 Å². The quantitative estimate of drug-likeness (QED) is 0.319. The largest absolute Gasteiger partial charge is 0.448 e. The Balaban J connectivity index is 1.63. The van der Waals surface area contributed by atoms with E-state index in [1.807, 2.05) is 25.1 Å². The van der Waals surface area contributed by atoms with E-state index in [0.29, 0.717) is 34.1 Å². The van der Waals surface area contributed by atoms with Crippen LogP contribution in [-0.2, 0) is 11.3 Å². The number of rotatable bonds is 7. The molecule has 0 aliphatic heterocycles. The molecule has 4 aromatic rings. The predicted octanol–water partition coefficient (Wildman–Crippen LogP) is 5.12. The number of para-hydroxylation sites is 1. The molecule has 1 amide bonds. The number of furan rings is 1. The molecule has 0 radical (unpaired) electrons. The Hall–Kier alpha value is -3.13. The molecule has 2 aromatic carbocycles. The summed E-state index contributed by atoms with van der Waals surface area (Å²) in [5, 5.41) is 3.91. The summed E-state index contributed by atoms with van der Waals surface area (Å²) < 4.78 is 21.1. The second-order valence-electron chi connectivity index (χ2n) is 7.28. The fourth-order valence-corrected chi connectivity index (χ4v) is 4.09. The van der Waals surface area contributed by atoms with Crippen molar-refractivity contribution in [3.63, 3.8) is 0 Å². The molecule has 8 heteroatoms. The van der Waals surface area contributed by atoms with Gasteiger partial charge in [-0.2, -0.15) is 0 Å². The third kappa shape index (κ3) is 4.34. The van der Waals surface area contributed by atoms with Gasteiger partial charge < -0.3 is 9.73 Å². The van der Waals surface area contributed by atoms with Crippen molar-refractivity contribution in [1.29, 1.82) is 0 Å². The standard InChI is InChI=1S/C23H22FN3O3S/c1-3-4-11-27-22(29)21-20(16-7-5-6-8-18(16)30-21)26-23(27)31-13-19(28)25-15-10-9-14(2)17(24)12-15/h5-10,12H,3-4,11,13H2,1-2H3,(H,25,28). The monoisotopic (exact) mass is 439 g/mol. The number of aryl methyl sites for hydroxylation is 1. The van der Waals surface area contributed by atoms with E-state index in [4.69, 9.17) is 4.42 Å². The number of amides is 1. The van der Waals surface area contributed by atoms with Crippen LogP contribution in [0.2, 0.25) is 0 Å². The van der Waals surface area contributed by atoms with E-state index < -0.39 is 0 Å². The van der Waals surface area contributed by atoms with Gasteiger partial charge in [0.05, 0.1) is 5.75 Å². The maximum Gasteiger partial charge on any atom is 0.297 e. The summed E-state index contributed by atoms with van der Waals surface area (Å²) in [6, 6.07) is 11.9. The highest BCUT2D eigenvalue weighted by molar-refractivity contribution is 7.99. The number of thioether (sulfide) groups is 1. The Morgan fingerprint density at radius 3 is 2.84 bits per heavy atom. The van der Waals surface area contributed by atoms with Crippen LogP contribution >= 0.6 is 11.8 Å². The van der Waals surface area contributed by atoms with Crippen molar-refractivity contribution >= 4 is 45.4 Å². The minimum atomic E-state index is -0.377. The lowest BCUT2D eigenvalue weighted by molar-refractivity contribution is -0.113. The third-order valence-corrected chi connectivity index (χ3v) is 5.95. The summed E-state index contributed by atoms with van der Waals surface area (Å²) in [4.78, 5) is 30.2. The van der Waals surface area contributed by atoms with Gasteiger partial charge in [0.1, 0.15) is 16.9 Å². The Labute approximate surface area is 182 Å². The lowest BCUT2D eigenvalue weighted by Crippen LogP contribution is -2.24. The average Bonchev–Trinajstić information content (AvgIpc) is 3.13. The zero-order valence-electron chi connectivity index (χ0n) is 17.3. The number of hydrogen-bond donors (Lipinski definition) is 1. The van der Waals surface area contributed by atoms with Gasteiger partial charge in [0.15, 0.2) is 5.16 Å². The second kappa shape index (κ2) is 8.93. The molecule has 2 heterocycles. The molecule has 0 bridgehead atoms. The van der Waals surface area contributed by atoms with Crippen molar-refractivity contribution in [3.8, 4) is 0 Å². The Kier molecular flexibility index (Phi) is 6.08. The van der Waals surface area contributed by atoms with Crippen LogP contribution < -0.4 is 10.9 Å². The lowest BCUT2D eigenvalue weighted by Gasteiger charge is -2.11. The topological polar surface area (TPSA) is 77.1 Å². The summed E-state index contributed by atoms with van der Waals surface area (Å²) in [5.41, 5.74) is 1.97. The highest BCUT2D eigenvalue weighted by Gasteiger charge is 2.18. The highest BCUT2D eigenvalue weighted by atomic mass is 32.2. The molecule has 0 unspecified atom stereocenters. The number of hydrogen-bond acceptors (Lipinski definition) is 5. The third-order valence-electron chi connectivity index (χ3n) is 4.97. The molecule has 0 aliphatic rings. The summed E-state index contributed by atoms with van der Waals surface area (Å²) >= 11 is 1.18. The fraction of sp³-hybridized carbons (Fsp3) is 0.261. The molecule has 31 heavy (non-hydrogen) atoms. The van der Waals surface area contributed by atoms with E-state index in [2.05, 4.69) is 10.3 Å².